The van der Waals surface area contributed by atoms with Crippen LogP contribution in [-0.2, 0) is 4.79 Å². The van der Waals surface area contributed by atoms with Crippen molar-refractivity contribution in [3.8, 4) is 5.88 Å². The average molecular weight is 393 g/mol. The highest BCUT2D eigenvalue weighted by atomic mass is 16.5. The molecule has 6 nitrogen and oxygen atoms in total. The lowest BCUT2D eigenvalue weighted by atomic mass is 10.1. The van der Waals surface area contributed by atoms with Crippen LogP contribution in [-0.4, -0.2) is 42.4 Å². The molecule has 2 fully saturated rings. The largest absolute Gasteiger partial charge is 0.477 e. The smallest absolute Gasteiger partial charge is 0.270 e. The molecule has 1 aromatic heterocycles. The lowest BCUT2D eigenvalue weighted by Gasteiger charge is -2.22. The van der Waals surface area contributed by atoms with Gasteiger partial charge in [-0.05, 0) is 49.1 Å². The number of carbonyl (C=O) groups is 2. The summed E-state index contributed by atoms with van der Waals surface area (Å²) in [4.78, 5) is 31.6. The zero-order chi connectivity index (χ0) is 20.4. The van der Waals surface area contributed by atoms with Gasteiger partial charge in [0.05, 0.1) is 6.61 Å². The highest BCUT2D eigenvalue weighted by Gasteiger charge is 2.31. The van der Waals surface area contributed by atoms with Crippen molar-refractivity contribution in [3.63, 3.8) is 0 Å². The van der Waals surface area contributed by atoms with Crippen LogP contribution < -0.4 is 10.1 Å². The van der Waals surface area contributed by atoms with Crippen LogP contribution in [0.25, 0.3) is 0 Å². The molecule has 2 aliphatic carbocycles. The van der Waals surface area contributed by atoms with Gasteiger partial charge in [-0.3, -0.25) is 9.59 Å². The van der Waals surface area contributed by atoms with Gasteiger partial charge in [0.1, 0.15) is 11.7 Å². The van der Waals surface area contributed by atoms with E-state index < -0.39 is 6.04 Å². The Morgan fingerprint density at radius 3 is 2.45 bits per heavy atom. The van der Waals surface area contributed by atoms with Crippen LogP contribution in [0, 0.1) is 5.92 Å². The fraction of sp³-hybridized carbons (Fsp3) is 0.435. The van der Waals surface area contributed by atoms with Crippen molar-refractivity contribution in [2.75, 3.05) is 20.7 Å². The van der Waals surface area contributed by atoms with Gasteiger partial charge in [0, 0.05) is 19.7 Å². The van der Waals surface area contributed by atoms with E-state index in [9.17, 15) is 9.59 Å². The SMILES string of the molecule is CN(C)C(=O)C(NC(=O)c1ccc(C2CC2)c(OCC2CC2)n1)c1ccccc1. The summed E-state index contributed by atoms with van der Waals surface area (Å²) >= 11 is 0. The maximum absolute atomic E-state index is 13.0. The van der Waals surface area contributed by atoms with Gasteiger partial charge in [-0.1, -0.05) is 36.4 Å². The standard InChI is InChI=1S/C23H27N3O3/c1-26(2)23(28)20(17-6-4-3-5-7-17)25-21(27)19-13-12-18(16-10-11-16)22(24-19)29-14-15-8-9-15/h3-7,12-13,15-16,20H,8-11,14H2,1-2H3,(H,25,27). The molecule has 0 spiro atoms. The van der Waals surface area contributed by atoms with Gasteiger partial charge in [-0.15, -0.1) is 0 Å². The second kappa shape index (κ2) is 8.23. The van der Waals surface area contributed by atoms with Crippen LogP contribution in [0.2, 0.25) is 0 Å². The Labute approximate surface area is 171 Å². The molecule has 2 amide bonds. The zero-order valence-corrected chi connectivity index (χ0v) is 16.9. The molecule has 0 bridgehead atoms. The third kappa shape index (κ3) is 4.75. The monoisotopic (exact) mass is 393 g/mol. The number of ether oxygens (including phenoxy) is 1. The Kier molecular flexibility index (Phi) is 5.51. The van der Waals surface area contributed by atoms with Gasteiger partial charge in [-0.2, -0.15) is 0 Å². The van der Waals surface area contributed by atoms with E-state index >= 15 is 0 Å². The van der Waals surface area contributed by atoms with Crippen molar-refractivity contribution in [2.24, 2.45) is 5.92 Å². The molecule has 29 heavy (non-hydrogen) atoms. The van der Waals surface area contributed by atoms with Crippen molar-refractivity contribution in [1.82, 2.24) is 15.2 Å². The molecule has 1 atom stereocenters. The highest BCUT2D eigenvalue weighted by molar-refractivity contribution is 5.96. The van der Waals surface area contributed by atoms with Gasteiger partial charge in [0.25, 0.3) is 5.91 Å². The van der Waals surface area contributed by atoms with Crippen LogP contribution >= 0.6 is 0 Å². The lowest BCUT2D eigenvalue weighted by Crippen LogP contribution is -2.40. The number of hydrogen-bond donors (Lipinski definition) is 1. The zero-order valence-electron chi connectivity index (χ0n) is 16.9. The number of rotatable bonds is 8. The minimum absolute atomic E-state index is 0.190. The number of carbonyl (C=O) groups excluding carboxylic acids is 2. The summed E-state index contributed by atoms with van der Waals surface area (Å²) < 4.78 is 5.96. The first-order valence-corrected chi connectivity index (χ1v) is 10.2. The van der Waals surface area contributed by atoms with Crippen molar-refractivity contribution in [2.45, 2.75) is 37.6 Å². The van der Waals surface area contributed by atoms with E-state index in [2.05, 4.69) is 10.3 Å². The van der Waals surface area contributed by atoms with E-state index in [1.807, 2.05) is 36.4 Å². The molecule has 0 radical (unpaired) electrons. The van der Waals surface area contributed by atoms with Gasteiger partial charge >= 0.3 is 0 Å². The molecule has 1 N–H and O–H groups in total. The summed E-state index contributed by atoms with van der Waals surface area (Å²) in [5.41, 5.74) is 2.10. The second-order valence-electron chi connectivity index (χ2n) is 8.17. The number of amides is 2. The molecule has 4 rings (SSSR count). The van der Waals surface area contributed by atoms with Crippen LogP contribution in [0.3, 0.4) is 0 Å². The number of hydrogen-bond acceptors (Lipinski definition) is 4. The van der Waals surface area contributed by atoms with Crippen molar-refractivity contribution in [3.05, 3.63) is 59.3 Å². The minimum atomic E-state index is -0.764. The summed E-state index contributed by atoms with van der Waals surface area (Å²) in [7, 11) is 3.36. The molecule has 2 aliphatic rings. The predicted molar refractivity (Wildman–Crippen MR) is 110 cm³/mol. The highest BCUT2D eigenvalue weighted by Crippen LogP contribution is 2.44. The number of pyridine rings is 1. The van der Waals surface area contributed by atoms with E-state index in [0.29, 0.717) is 24.3 Å². The summed E-state index contributed by atoms with van der Waals surface area (Å²) in [5, 5.41) is 2.85. The van der Waals surface area contributed by atoms with E-state index in [1.165, 1.54) is 17.7 Å². The molecule has 0 saturated heterocycles. The quantitative estimate of drug-likeness (QED) is 0.747. The first kappa shape index (κ1) is 19.4. The van der Waals surface area contributed by atoms with Crippen molar-refractivity contribution in [1.29, 1.82) is 0 Å². The normalized spacial score (nSPS) is 16.8. The van der Waals surface area contributed by atoms with Crippen LogP contribution in [0.1, 0.15) is 59.3 Å². The summed E-state index contributed by atoms with van der Waals surface area (Å²) in [6, 6.07) is 12.2. The van der Waals surface area contributed by atoms with Gasteiger partial charge in [0.2, 0.25) is 11.8 Å². The first-order valence-electron chi connectivity index (χ1n) is 10.2. The summed E-state index contributed by atoms with van der Waals surface area (Å²) in [6.45, 7) is 0.656. The Hall–Kier alpha value is -2.89. The summed E-state index contributed by atoms with van der Waals surface area (Å²) in [6.07, 6.45) is 4.68. The first-order chi connectivity index (χ1) is 14.0. The molecule has 0 aliphatic heterocycles. The number of nitrogens with one attached hydrogen (secondary N) is 1. The fourth-order valence-electron chi connectivity index (χ4n) is 3.28. The third-order valence-corrected chi connectivity index (χ3v) is 5.39. The Morgan fingerprint density at radius 1 is 1.10 bits per heavy atom. The number of aromatic nitrogens is 1. The molecule has 2 aromatic rings. The second-order valence-corrected chi connectivity index (χ2v) is 8.17. The topological polar surface area (TPSA) is 71.5 Å². The van der Waals surface area contributed by atoms with E-state index in [1.54, 1.807) is 20.2 Å². The van der Waals surface area contributed by atoms with Crippen LogP contribution in [0.15, 0.2) is 42.5 Å². The molecular weight excluding hydrogens is 366 g/mol. The number of benzene rings is 1. The molecule has 2 saturated carbocycles. The van der Waals surface area contributed by atoms with Crippen LogP contribution in [0.4, 0.5) is 0 Å². The minimum Gasteiger partial charge on any atom is -0.477 e. The van der Waals surface area contributed by atoms with E-state index in [0.717, 1.165) is 24.0 Å². The maximum atomic E-state index is 13.0. The predicted octanol–water partition coefficient (Wildman–Crippen LogP) is 3.31. The lowest BCUT2D eigenvalue weighted by molar-refractivity contribution is -0.130. The molecule has 6 heteroatoms. The fourth-order valence-corrected chi connectivity index (χ4v) is 3.28. The number of likely N-dealkylation sites (N-methyl/N-ethyl adjacent to an activating group) is 1. The molecular formula is C23H27N3O3. The van der Waals surface area contributed by atoms with Gasteiger partial charge in [-0.25, -0.2) is 4.98 Å². The Balaban J connectivity index is 1.55. The van der Waals surface area contributed by atoms with E-state index in [4.69, 9.17) is 4.74 Å². The summed E-state index contributed by atoms with van der Waals surface area (Å²) in [5.74, 6) is 1.10. The third-order valence-electron chi connectivity index (χ3n) is 5.39. The molecule has 1 unspecified atom stereocenters. The molecule has 152 valence electrons. The molecule has 1 aromatic carbocycles. The Morgan fingerprint density at radius 2 is 1.83 bits per heavy atom. The number of nitrogens with zero attached hydrogens (tertiary/aromatic N) is 2. The average Bonchev–Trinajstić information content (AvgIpc) is 3.64. The molecule has 1 heterocycles. The van der Waals surface area contributed by atoms with Crippen molar-refractivity contribution >= 4 is 11.8 Å². The van der Waals surface area contributed by atoms with Gasteiger partial charge in [0.15, 0.2) is 0 Å². The van der Waals surface area contributed by atoms with E-state index in [-0.39, 0.29) is 17.5 Å². The Bertz CT molecular complexity index is 889. The van der Waals surface area contributed by atoms with Crippen molar-refractivity contribution < 1.29 is 14.3 Å². The van der Waals surface area contributed by atoms with Gasteiger partial charge < -0.3 is 15.0 Å². The van der Waals surface area contributed by atoms with Crippen LogP contribution in [0.5, 0.6) is 5.88 Å². The maximum Gasteiger partial charge on any atom is 0.270 e.